The SMILES string of the molecule is CCOc1cc(Br)c(/C=C(\C#N)c2nc3ccc(C)cc3[nH]2)cc1OC. The molecular weight excluding hydrogens is 394 g/mol. The number of ether oxygens (including phenoxy) is 2. The van der Waals surface area contributed by atoms with Crippen LogP contribution in [0.25, 0.3) is 22.7 Å². The van der Waals surface area contributed by atoms with E-state index in [1.54, 1.807) is 13.2 Å². The monoisotopic (exact) mass is 411 g/mol. The molecule has 0 spiro atoms. The van der Waals surface area contributed by atoms with Crippen molar-refractivity contribution in [1.29, 1.82) is 5.26 Å². The lowest BCUT2D eigenvalue weighted by Gasteiger charge is -2.11. The number of aromatic amines is 1. The highest BCUT2D eigenvalue weighted by Gasteiger charge is 2.12. The number of hydrogen-bond donors (Lipinski definition) is 1. The van der Waals surface area contributed by atoms with Crippen LogP contribution < -0.4 is 9.47 Å². The summed E-state index contributed by atoms with van der Waals surface area (Å²) in [5.74, 6) is 1.79. The number of nitrogens with one attached hydrogen (secondary N) is 1. The number of aromatic nitrogens is 2. The Balaban J connectivity index is 2.07. The van der Waals surface area contributed by atoms with E-state index in [4.69, 9.17) is 9.47 Å². The van der Waals surface area contributed by atoms with Crippen LogP contribution in [0.15, 0.2) is 34.8 Å². The third-order valence-electron chi connectivity index (χ3n) is 3.90. The molecule has 0 radical (unpaired) electrons. The fourth-order valence-electron chi connectivity index (χ4n) is 2.65. The van der Waals surface area contributed by atoms with Crippen molar-refractivity contribution < 1.29 is 9.47 Å². The quantitative estimate of drug-likeness (QED) is 0.592. The summed E-state index contributed by atoms with van der Waals surface area (Å²) >= 11 is 3.53. The number of methoxy groups -OCH3 is 1. The maximum atomic E-state index is 9.63. The number of aryl methyl sites for hydroxylation is 1. The van der Waals surface area contributed by atoms with E-state index in [-0.39, 0.29) is 0 Å². The van der Waals surface area contributed by atoms with Crippen molar-refractivity contribution in [3.05, 3.63) is 51.8 Å². The van der Waals surface area contributed by atoms with E-state index < -0.39 is 0 Å². The minimum absolute atomic E-state index is 0.436. The molecule has 3 rings (SSSR count). The molecular formula is C20H18BrN3O2. The molecule has 0 unspecified atom stereocenters. The molecule has 2 aromatic carbocycles. The molecule has 0 fully saturated rings. The van der Waals surface area contributed by atoms with E-state index >= 15 is 0 Å². The van der Waals surface area contributed by atoms with Gasteiger partial charge in [0.2, 0.25) is 0 Å². The first-order valence-corrected chi connectivity index (χ1v) is 8.94. The minimum Gasteiger partial charge on any atom is -0.493 e. The molecule has 0 bridgehead atoms. The number of hydrogen-bond acceptors (Lipinski definition) is 4. The Morgan fingerprint density at radius 2 is 2.12 bits per heavy atom. The summed E-state index contributed by atoms with van der Waals surface area (Å²) in [6.07, 6.45) is 1.77. The molecule has 1 aromatic heterocycles. The third kappa shape index (κ3) is 3.58. The van der Waals surface area contributed by atoms with Gasteiger partial charge in [0.05, 0.1) is 30.3 Å². The number of nitrogens with zero attached hydrogens (tertiary/aromatic N) is 2. The van der Waals surface area contributed by atoms with Crippen molar-refractivity contribution in [3.63, 3.8) is 0 Å². The van der Waals surface area contributed by atoms with Crippen LogP contribution in [0.2, 0.25) is 0 Å². The summed E-state index contributed by atoms with van der Waals surface area (Å²) in [7, 11) is 1.59. The topological polar surface area (TPSA) is 70.9 Å². The number of halogens is 1. The molecule has 0 aliphatic carbocycles. The standard InChI is InChI=1S/C20H18BrN3O2/c1-4-26-19-10-15(21)13(9-18(19)25-3)8-14(11-22)20-23-16-6-5-12(2)7-17(16)24-20/h5-10H,4H2,1-3H3,(H,23,24)/b14-8+. The van der Waals surface area contributed by atoms with E-state index in [1.807, 2.05) is 44.2 Å². The van der Waals surface area contributed by atoms with E-state index in [0.29, 0.717) is 29.5 Å². The van der Waals surface area contributed by atoms with Gasteiger partial charge in [0.25, 0.3) is 0 Å². The lowest BCUT2D eigenvalue weighted by atomic mass is 10.1. The molecule has 0 amide bonds. The number of allylic oxidation sites excluding steroid dienone is 1. The first-order valence-electron chi connectivity index (χ1n) is 8.14. The van der Waals surface area contributed by atoms with Crippen LogP contribution in [-0.4, -0.2) is 23.7 Å². The van der Waals surface area contributed by atoms with E-state index in [9.17, 15) is 5.26 Å². The molecule has 0 saturated heterocycles. The highest BCUT2D eigenvalue weighted by atomic mass is 79.9. The van der Waals surface area contributed by atoms with Gasteiger partial charge < -0.3 is 14.5 Å². The molecule has 26 heavy (non-hydrogen) atoms. The zero-order valence-corrected chi connectivity index (χ0v) is 16.3. The van der Waals surface area contributed by atoms with E-state index in [0.717, 1.165) is 26.6 Å². The highest BCUT2D eigenvalue weighted by molar-refractivity contribution is 9.10. The van der Waals surface area contributed by atoms with Gasteiger partial charge in [0, 0.05) is 4.47 Å². The maximum Gasteiger partial charge on any atom is 0.162 e. The third-order valence-corrected chi connectivity index (χ3v) is 4.58. The van der Waals surface area contributed by atoms with Crippen LogP contribution in [0.5, 0.6) is 11.5 Å². The molecule has 6 heteroatoms. The summed E-state index contributed by atoms with van der Waals surface area (Å²) in [6, 6.07) is 11.8. The van der Waals surface area contributed by atoms with Crippen LogP contribution in [0, 0.1) is 18.3 Å². The summed E-state index contributed by atoms with van der Waals surface area (Å²) in [5.41, 5.74) is 4.11. The van der Waals surface area contributed by atoms with Gasteiger partial charge in [-0.15, -0.1) is 0 Å². The number of nitriles is 1. The normalized spacial score (nSPS) is 11.4. The molecule has 1 N–H and O–H groups in total. The van der Waals surface area contributed by atoms with Gasteiger partial charge >= 0.3 is 0 Å². The zero-order chi connectivity index (χ0) is 18.7. The molecule has 5 nitrogen and oxygen atoms in total. The number of fused-ring (bicyclic) bond motifs is 1. The average molecular weight is 412 g/mol. The number of imidazole rings is 1. The summed E-state index contributed by atoms with van der Waals surface area (Å²) in [6.45, 7) is 4.47. The molecule has 3 aromatic rings. The van der Waals surface area contributed by atoms with Crippen molar-refractivity contribution in [3.8, 4) is 17.6 Å². The lowest BCUT2D eigenvalue weighted by molar-refractivity contribution is 0.310. The predicted octanol–water partition coefficient (Wildman–Crippen LogP) is 5.11. The summed E-state index contributed by atoms with van der Waals surface area (Å²) in [5, 5.41) is 9.63. The molecule has 0 saturated carbocycles. The van der Waals surface area contributed by atoms with Crippen LogP contribution in [-0.2, 0) is 0 Å². The Morgan fingerprint density at radius 3 is 2.81 bits per heavy atom. The largest absolute Gasteiger partial charge is 0.493 e. The average Bonchev–Trinajstić information content (AvgIpc) is 3.04. The van der Waals surface area contributed by atoms with Gasteiger partial charge in [0.15, 0.2) is 11.5 Å². The molecule has 132 valence electrons. The molecule has 1 heterocycles. The van der Waals surface area contributed by atoms with E-state index in [1.165, 1.54) is 0 Å². The van der Waals surface area contributed by atoms with Gasteiger partial charge in [0.1, 0.15) is 11.9 Å². The van der Waals surface area contributed by atoms with Gasteiger partial charge in [-0.1, -0.05) is 22.0 Å². The fourth-order valence-corrected chi connectivity index (χ4v) is 3.09. The van der Waals surface area contributed by atoms with Crippen molar-refractivity contribution in [2.24, 2.45) is 0 Å². The number of benzene rings is 2. The number of H-pyrrole nitrogens is 1. The van der Waals surface area contributed by atoms with Crippen molar-refractivity contribution in [1.82, 2.24) is 9.97 Å². The van der Waals surface area contributed by atoms with Gasteiger partial charge in [-0.3, -0.25) is 0 Å². The minimum atomic E-state index is 0.436. The van der Waals surface area contributed by atoms with Gasteiger partial charge in [-0.05, 0) is 55.3 Å². The second kappa shape index (κ2) is 7.63. The van der Waals surface area contributed by atoms with Crippen molar-refractivity contribution in [2.45, 2.75) is 13.8 Å². The Hall–Kier alpha value is -2.78. The molecule has 0 aliphatic heterocycles. The Morgan fingerprint density at radius 1 is 1.31 bits per heavy atom. The Labute approximate surface area is 160 Å². The smallest absolute Gasteiger partial charge is 0.162 e. The first kappa shape index (κ1) is 18.0. The molecule has 0 aliphatic rings. The van der Waals surface area contributed by atoms with Crippen LogP contribution in [0.3, 0.4) is 0 Å². The second-order valence-electron chi connectivity index (χ2n) is 5.73. The predicted molar refractivity (Wildman–Crippen MR) is 106 cm³/mol. The number of rotatable bonds is 5. The van der Waals surface area contributed by atoms with Gasteiger partial charge in [-0.2, -0.15) is 5.26 Å². The van der Waals surface area contributed by atoms with Crippen LogP contribution in [0.4, 0.5) is 0 Å². The van der Waals surface area contributed by atoms with Gasteiger partial charge in [-0.25, -0.2) is 4.98 Å². The Bertz CT molecular complexity index is 1030. The summed E-state index contributed by atoms with van der Waals surface area (Å²) in [4.78, 5) is 7.74. The van der Waals surface area contributed by atoms with Crippen LogP contribution >= 0.6 is 15.9 Å². The zero-order valence-electron chi connectivity index (χ0n) is 14.8. The lowest BCUT2D eigenvalue weighted by Crippen LogP contribution is -1.96. The maximum absolute atomic E-state index is 9.63. The second-order valence-corrected chi connectivity index (χ2v) is 6.59. The fraction of sp³-hybridized carbons (Fsp3) is 0.200. The first-order chi connectivity index (χ1) is 12.5. The van der Waals surface area contributed by atoms with Crippen LogP contribution in [0.1, 0.15) is 23.9 Å². The van der Waals surface area contributed by atoms with Crippen molar-refractivity contribution >= 4 is 38.6 Å². The highest BCUT2D eigenvalue weighted by Crippen LogP contribution is 2.35. The summed E-state index contributed by atoms with van der Waals surface area (Å²) < 4.78 is 11.8. The van der Waals surface area contributed by atoms with Crippen molar-refractivity contribution in [2.75, 3.05) is 13.7 Å². The molecule has 0 atom stereocenters. The van der Waals surface area contributed by atoms with E-state index in [2.05, 4.69) is 32.0 Å². The Kier molecular flexibility index (Phi) is 5.29.